The molecular weight excluding hydrogens is 474 g/mol. The van der Waals surface area contributed by atoms with E-state index in [1.165, 1.54) is 42.2 Å². The molecule has 1 N–H and O–H groups in total. The van der Waals surface area contributed by atoms with Gasteiger partial charge in [-0.05, 0) is 61.5 Å². The molecule has 0 radical (unpaired) electrons. The average Bonchev–Trinajstić information content (AvgIpc) is 3.20. The SMILES string of the molecule is Cc1cnn(Cc2cc(F)ccc2F)c1NC(=O)c1ccc(S(=O)(=O)N(C)c2ccccc2)cc1. The van der Waals surface area contributed by atoms with Crippen LogP contribution in [0.5, 0.6) is 0 Å². The van der Waals surface area contributed by atoms with Crippen LogP contribution in [0.2, 0.25) is 0 Å². The van der Waals surface area contributed by atoms with E-state index in [0.717, 1.165) is 22.5 Å². The van der Waals surface area contributed by atoms with E-state index >= 15 is 0 Å². The summed E-state index contributed by atoms with van der Waals surface area (Å²) in [5.74, 6) is -1.35. The predicted octanol–water partition coefficient (Wildman–Crippen LogP) is 4.60. The summed E-state index contributed by atoms with van der Waals surface area (Å²) in [5.41, 5.74) is 1.43. The number of sulfonamides is 1. The zero-order valence-electron chi connectivity index (χ0n) is 18.9. The molecule has 0 saturated carbocycles. The molecule has 0 spiro atoms. The molecule has 180 valence electrons. The minimum atomic E-state index is -3.82. The lowest BCUT2D eigenvalue weighted by molar-refractivity contribution is 0.102. The van der Waals surface area contributed by atoms with Crippen molar-refractivity contribution in [2.24, 2.45) is 0 Å². The molecule has 4 aromatic rings. The van der Waals surface area contributed by atoms with E-state index in [1.54, 1.807) is 37.3 Å². The summed E-state index contributed by atoms with van der Waals surface area (Å²) in [4.78, 5) is 12.9. The molecule has 1 heterocycles. The Morgan fingerprint density at radius 2 is 1.71 bits per heavy atom. The zero-order chi connectivity index (χ0) is 25.2. The molecule has 10 heteroatoms. The summed E-state index contributed by atoms with van der Waals surface area (Å²) in [6.07, 6.45) is 1.50. The fraction of sp³-hybridized carbons (Fsp3) is 0.120. The van der Waals surface area contributed by atoms with Crippen LogP contribution < -0.4 is 9.62 Å². The van der Waals surface area contributed by atoms with E-state index < -0.39 is 27.6 Å². The number of anilines is 2. The number of aromatic nitrogens is 2. The molecule has 0 unspecified atom stereocenters. The van der Waals surface area contributed by atoms with Gasteiger partial charge < -0.3 is 5.32 Å². The highest BCUT2D eigenvalue weighted by molar-refractivity contribution is 7.92. The fourth-order valence-electron chi connectivity index (χ4n) is 3.48. The number of nitrogens with one attached hydrogen (secondary N) is 1. The normalized spacial score (nSPS) is 11.3. The van der Waals surface area contributed by atoms with E-state index in [1.807, 2.05) is 0 Å². The number of benzene rings is 3. The number of halogens is 2. The Labute approximate surface area is 201 Å². The second kappa shape index (κ2) is 9.67. The molecule has 0 fully saturated rings. The Morgan fingerprint density at radius 3 is 2.40 bits per heavy atom. The first-order chi connectivity index (χ1) is 16.7. The molecule has 35 heavy (non-hydrogen) atoms. The zero-order valence-corrected chi connectivity index (χ0v) is 19.8. The lowest BCUT2D eigenvalue weighted by Crippen LogP contribution is -2.26. The van der Waals surface area contributed by atoms with Crippen molar-refractivity contribution in [3.05, 3.63) is 107 Å². The monoisotopic (exact) mass is 496 g/mol. The van der Waals surface area contributed by atoms with Gasteiger partial charge in [-0.15, -0.1) is 0 Å². The van der Waals surface area contributed by atoms with Crippen molar-refractivity contribution >= 4 is 27.4 Å². The van der Waals surface area contributed by atoms with Crippen LogP contribution in [0.3, 0.4) is 0 Å². The highest BCUT2D eigenvalue weighted by Crippen LogP contribution is 2.23. The summed E-state index contributed by atoms with van der Waals surface area (Å²) in [5, 5.41) is 6.87. The summed E-state index contributed by atoms with van der Waals surface area (Å²) in [6.45, 7) is 1.63. The Bertz CT molecular complexity index is 1470. The largest absolute Gasteiger partial charge is 0.307 e. The number of carbonyl (C=O) groups is 1. The van der Waals surface area contributed by atoms with Crippen LogP contribution >= 0.6 is 0 Å². The quantitative estimate of drug-likeness (QED) is 0.406. The smallest absolute Gasteiger partial charge is 0.264 e. The predicted molar refractivity (Wildman–Crippen MR) is 129 cm³/mol. The van der Waals surface area contributed by atoms with Gasteiger partial charge in [0.05, 0.1) is 23.3 Å². The molecule has 4 rings (SSSR count). The molecule has 3 aromatic carbocycles. The fourth-order valence-corrected chi connectivity index (χ4v) is 4.68. The Balaban J connectivity index is 1.53. The van der Waals surface area contributed by atoms with Gasteiger partial charge >= 0.3 is 0 Å². The third-order valence-corrected chi connectivity index (χ3v) is 7.28. The summed E-state index contributed by atoms with van der Waals surface area (Å²) < 4.78 is 56.0. The minimum Gasteiger partial charge on any atom is -0.307 e. The standard InChI is InChI=1S/C25H22F2N4O3S/c1-17-15-28-31(16-19-14-20(26)10-13-23(19)27)24(17)29-25(32)18-8-11-22(12-9-18)35(33,34)30(2)21-6-4-3-5-7-21/h3-15H,16H2,1-2H3,(H,29,32). The van der Waals surface area contributed by atoms with E-state index in [4.69, 9.17) is 0 Å². The third kappa shape index (κ3) is 5.07. The van der Waals surface area contributed by atoms with Gasteiger partial charge in [0.2, 0.25) is 0 Å². The Hall–Kier alpha value is -4.05. The van der Waals surface area contributed by atoms with Gasteiger partial charge in [0.25, 0.3) is 15.9 Å². The highest BCUT2D eigenvalue weighted by Gasteiger charge is 2.22. The van der Waals surface area contributed by atoms with Crippen LogP contribution in [-0.4, -0.2) is 31.2 Å². The van der Waals surface area contributed by atoms with Crippen LogP contribution in [0.4, 0.5) is 20.3 Å². The lowest BCUT2D eigenvalue weighted by atomic mass is 10.2. The van der Waals surface area contributed by atoms with Crippen molar-refractivity contribution < 1.29 is 22.0 Å². The maximum absolute atomic E-state index is 14.1. The van der Waals surface area contributed by atoms with Gasteiger partial charge in [0.1, 0.15) is 17.5 Å². The number of amides is 1. The van der Waals surface area contributed by atoms with Crippen molar-refractivity contribution in [3.8, 4) is 0 Å². The average molecular weight is 497 g/mol. The van der Waals surface area contributed by atoms with E-state index in [9.17, 15) is 22.0 Å². The van der Waals surface area contributed by atoms with E-state index in [0.29, 0.717) is 17.1 Å². The van der Waals surface area contributed by atoms with Crippen molar-refractivity contribution in [2.45, 2.75) is 18.4 Å². The summed E-state index contributed by atoms with van der Waals surface area (Å²) in [7, 11) is -2.36. The van der Waals surface area contributed by atoms with Gasteiger partial charge in [0.15, 0.2) is 0 Å². The first kappa shape index (κ1) is 24.1. The van der Waals surface area contributed by atoms with Crippen LogP contribution in [0.1, 0.15) is 21.5 Å². The van der Waals surface area contributed by atoms with Crippen molar-refractivity contribution in [1.82, 2.24) is 9.78 Å². The molecule has 7 nitrogen and oxygen atoms in total. The molecule has 0 atom stereocenters. The summed E-state index contributed by atoms with van der Waals surface area (Å²) >= 11 is 0. The number of aryl methyl sites for hydroxylation is 1. The first-order valence-electron chi connectivity index (χ1n) is 10.6. The molecular formula is C25H22F2N4O3S. The van der Waals surface area contributed by atoms with E-state index in [2.05, 4.69) is 10.4 Å². The number of hydrogen-bond acceptors (Lipinski definition) is 4. The van der Waals surface area contributed by atoms with Crippen LogP contribution in [-0.2, 0) is 16.6 Å². The number of hydrogen-bond donors (Lipinski definition) is 1. The second-order valence-electron chi connectivity index (χ2n) is 7.86. The second-order valence-corrected chi connectivity index (χ2v) is 9.83. The molecule has 1 amide bonds. The van der Waals surface area contributed by atoms with Gasteiger partial charge in [-0.25, -0.2) is 21.9 Å². The number of carbonyl (C=O) groups excluding carboxylic acids is 1. The number of para-hydroxylation sites is 1. The maximum Gasteiger partial charge on any atom is 0.264 e. The number of rotatable bonds is 7. The Kier molecular flexibility index (Phi) is 6.65. The lowest BCUT2D eigenvalue weighted by Gasteiger charge is -2.19. The Morgan fingerprint density at radius 1 is 1.03 bits per heavy atom. The summed E-state index contributed by atoms with van der Waals surface area (Å²) in [6, 6.07) is 17.3. The van der Waals surface area contributed by atoms with Crippen LogP contribution in [0, 0.1) is 18.6 Å². The van der Waals surface area contributed by atoms with Gasteiger partial charge in [0, 0.05) is 23.7 Å². The molecule has 0 bridgehead atoms. The maximum atomic E-state index is 14.1. The minimum absolute atomic E-state index is 0.0307. The molecule has 0 aliphatic heterocycles. The van der Waals surface area contributed by atoms with Crippen molar-refractivity contribution in [1.29, 1.82) is 0 Å². The molecule has 0 aliphatic rings. The topological polar surface area (TPSA) is 84.3 Å². The van der Waals surface area contributed by atoms with Gasteiger partial charge in [-0.1, -0.05) is 18.2 Å². The molecule has 1 aromatic heterocycles. The third-order valence-electron chi connectivity index (χ3n) is 5.48. The van der Waals surface area contributed by atoms with Gasteiger partial charge in [-0.2, -0.15) is 5.10 Å². The van der Waals surface area contributed by atoms with Crippen LogP contribution in [0.25, 0.3) is 0 Å². The van der Waals surface area contributed by atoms with Crippen molar-refractivity contribution in [2.75, 3.05) is 16.7 Å². The highest BCUT2D eigenvalue weighted by atomic mass is 32.2. The van der Waals surface area contributed by atoms with E-state index in [-0.39, 0.29) is 22.6 Å². The number of nitrogens with zero attached hydrogens (tertiary/aromatic N) is 3. The first-order valence-corrected chi connectivity index (χ1v) is 12.0. The molecule has 0 aliphatic carbocycles. The van der Waals surface area contributed by atoms with Crippen molar-refractivity contribution in [3.63, 3.8) is 0 Å². The molecule has 0 saturated heterocycles. The van der Waals surface area contributed by atoms with Crippen LogP contribution in [0.15, 0.2) is 83.9 Å². The van der Waals surface area contributed by atoms with Gasteiger partial charge in [-0.3, -0.25) is 9.10 Å².